The lowest BCUT2D eigenvalue weighted by Crippen LogP contribution is -2.11. The number of esters is 1. The van der Waals surface area contributed by atoms with Crippen LogP contribution in [0.3, 0.4) is 0 Å². The van der Waals surface area contributed by atoms with E-state index >= 15 is 0 Å². The molecule has 0 aliphatic carbocycles. The summed E-state index contributed by atoms with van der Waals surface area (Å²) in [6.07, 6.45) is 1.56. The van der Waals surface area contributed by atoms with Gasteiger partial charge in [0, 0.05) is 26.2 Å². The molecule has 6 nitrogen and oxygen atoms in total. The number of carbonyl (C=O) groups excluding carboxylic acids is 1. The molecule has 1 rings (SSSR count). The zero-order valence-electron chi connectivity index (χ0n) is 11.9. The second-order valence-corrected chi connectivity index (χ2v) is 4.04. The molecule has 0 bridgehead atoms. The highest BCUT2D eigenvalue weighted by atomic mass is 16.5. The van der Waals surface area contributed by atoms with Crippen molar-refractivity contribution in [2.24, 2.45) is 0 Å². The SMILES string of the molecule is CCOCCCn1c(CC)nc(C(=O)OCC)c1N. The number of hydrogen-bond acceptors (Lipinski definition) is 5. The van der Waals surface area contributed by atoms with Gasteiger partial charge in [0.05, 0.1) is 6.61 Å². The van der Waals surface area contributed by atoms with Crippen LogP contribution in [0.5, 0.6) is 0 Å². The zero-order chi connectivity index (χ0) is 14.3. The number of aromatic nitrogens is 2. The molecule has 1 aromatic rings. The van der Waals surface area contributed by atoms with Gasteiger partial charge >= 0.3 is 5.97 Å². The molecular weight excluding hydrogens is 246 g/mol. The van der Waals surface area contributed by atoms with Crippen LogP contribution in [0.1, 0.15) is 43.5 Å². The van der Waals surface area contributed by atoms with Gasteiger partial charge in [-0.15, -0.1) is 0 Å². The van der Waals surface area contributed by atoms with E-state index in [9.17, 15) is 4.79 Å². The van der Waals surface area contributed by atoms with Crippen LogP contribution in [0, 0.1) is 0 Å². The third-order valence-electron chi connectivity index (χ3n) is 2.75. The third-order valence-corrected chi connectivity index (χ3v) is 2.75. The highest BCUT2D eigenvalue weighted by Crippen LogP contribution is 2.17. The Morgan fingerprint density at radius 2 is 2.05 bits per heavy atom. The van der Waals surface area contributed by atoms with Gasteiger partial charge in [-0.05, 0) is 20.3 Å². The molecule has 0 saturated heterocycles. The van der Waals surface area contributed by atoms with Gasteiger partial charge in [0.1, 0.15) is 11.6 Å². The number of nitrogen functional groups attached to an aromatic ring is 1. The van der Waals surface area contributed by atoms with E-state index in [1.54, 1.807) is 6.92 Å². The predicted octanol–water partition coefficient (Wildman–Crippen LogP) is 1.63. The largest absolute Gasteiger partial charge is 0.461 e. The Bertz CT molecular complexity index is 416. The summed E-state index contributed by atoms with van der Waals surface area (Å²) < 4.78 is 12.1. The Labute approximate surface area is 113 Å². The molecule has 1 heterocycles. The quantitative estimate of drug-likeness (QED) is 0.573. The molecule has 0 unspecified atom stereocenters. The highest BCUT2D eigenvalue weighted by Gasteiger charge is 2.20. The first-order valence-electron chi connectivity index (χ1n) is 6.75. The van der Waals surface area contributed by atoms with Crippen molar-refractivity contribution in [2.45, 2.75) is 40.2 Å². The Kier molecular flexibility index (Phi) is 6.35. The van der Waals surface area contributed by atoms with Crippen LogP contribution < -0.4 is 5.73 Å². The van der Waals surface area contributed by atoms with Gasteiger partial charge in [0.2, 0.25) is 0 Å². The number of rotatable bonds is 8. The average Bonchev–Trinajstić information content (AvgIpc) is 2.72. The normalized spacial score (nSPS) is 10.7. The molecule has 1 aromatic heterocycles. The van der Waals surface area contributed by atoms with E-state index in [0.717, 1.165) is 18.7 Å². The molecule has 0 fully saturated rings. The standard InChI is InChI=1S/C13H23N3O3/c1-4-10-15-11(13(17)19-6-3)12(14)16(10)8-7-9-18-5-2/h4-9,14H2,1-3H3. The minimum Gasteiger partial charge on any atom is -0.461 e. The van der Waals surface area contributed by atoms with Gasteiger partial charge in [-0.2, -0.15) is 0 Å². The van der Waals surface area contributed by atoms with Crippen molar-refractivity contribution in [1.82, 2.24) is 9.55 Å². The van der Waals surface area contributed by atoms with Crippen molar-refractivity contribution in [3.63, 3.8) is 0 Å². The minimum absolute atomic E-state index is 0.218. The van der Waals surface area contributed by atoms with Crippen molar-refractivity contribution in [3.05, 3.63) is 11.5 Å². The van der Waals surface area contributed by atoms with Gasteiger partial charge < -0.3 is 19.8 Å². The smallest absolute Gasteiger partial charge is 0.360 e. The third kappa shape index (κ3) is 3.96. The molecule has 108 valence electrons. The van der Waals surface area contributed by atoms with E-state index in [1.165, 1.54) is 0 Å². The summed E-state index contributed by atoms with van der Waals surface area (Å²) >= 11 is 0. The highest BCUT2D eigenvalue weighted by molar-refractivity contribution is 5.92. The first kappa shape index (κ1) is 15.5. The predicted molar refractivity (Wildman–Crippen MR) is 73.1 cm³/mol. The van der Waals surface area contributed by atoms with Crippen LogP contribution >= 0.6 is 0 Å². The Balaban J connectivity index is 2.81. The van der Waals surface area contributed by atoms with Crippen LogP contribution in [0.2, 0.25) is 0 Å². The molecule has 19 heavy (non-hydrogen) atoms. The van der Waals surface area contributed by atoms with Crippen LogP contribution in [0.4, 0.5) is 5.82 Å². The number of imidazole rings is 1. The monoisotopic (exact) mass is 269 g/mol. The minimum atomic E-state index is -0.460. The Morgan fingerprint density at radius 1 is 1.32 bits per heavy atom. The molecule has 0 radical (unpaired) electrons. The lowest BCUT2D eigenvalue weighted by molar-refractivity contribution is 0.0521. The van der Waals surface area contributed by atoms with Crippen molar-refractivity contribution >= 4 is 11.8 Å². The fourth-order valence-electron chi connectivity index (χ4n) is 1.85. The molecule has 0 aromatic carbocycles. The molecule has 0 atom stereocenters. The fourth-order valence-corrected chi connectivity index (χ4v) is 1.85. The number of carbonyl (C=O) groups is 1. The molecule has 6 heteroatoms. The Morgan fingerprint density at radius 3 is 2.63 bits per heavy atom. The molecule has 0 aliphatic rings. The summed E-state index contributed by atoms with van der Waals surface area (Å²) in [6.45, 7) is 8.09. The maximum atomic E-state index is 11.7. The summed E-state index contributed by atoms with van der Waals surface area (Å²) in [4.78, 5) is 16.0. The number of aryl methyl sites for hydroxylation is 1. The number of hydrogen-bond donors (Lipinski definition) is 1. The molecule has 0 spiro atoms. The van der Waals surface area contributed by atoms with Crippen LogP contribution in [-0.2, 0) is 22.4 Å². The summed E-state index contributed by atoms with van der Waals surface area (Å²) in [5, 5.41) is 0. The second kappa shape index (κ2) is 7.78. The lowest BCUT2D eigenvalue weighted by atomic mass is 10.4. The molecule has 2 N–H and O–H groups in total. The van der Waals surface area contributed by atoms with Gasteiger partial charge in [0.15, 0.2) is 5.69 Å². The summed E-state index contributed by atoms with van der Waals surface area (Å²) in [6, 6.07) is 0. The number of nitrogens with zero attached hydrogens (tertiary/aromatic N) is 2. The summed E-state index contributed by atoms with van der Waals surface area (Å²) in [5.41, 5.74) is 6.20. The number of nitrogens with two attached hydrogens (primary N) is 1. The molecule has 0 aliphatic heterocycles. The lowest BCUT2D eigenvalue weighted by Gasteiger charge is -2.08. The second-order valence-electron chi connectivity index (χ2n) is 4.04. The maximum Gasteiger partial charge on any atom is 0.360 e. The van der Waals surface area contributed by atoms with Crippen molar-refractivity contribution in [2.75, 3.05) is 25.6 Å². The van der Waals surface area contributed by atoms with E-state index in [-0.39, 0.29) is 5.69 Å². The molecule has 0 saturated carbocycles. The van der Waals surface area contributed by atoms with E-state index in [2.05, 4.69) is 4.98 Å². The number of anilines is 1. The fraction of sp³-hybridized carbons (Fsp3) is 0.692. The average molecular weight is 269 g/mol. The van der Waals surface area contributed by atoms with E-state index in [1.807, 2.05) is 18.4 Å². The molecular formula is C13H23N3O3. The van der Waals surface area contributed by atoms with Crippen molar-refractivity contribution in [3.8, 4) is 0 Å². The Hall–Kier alpha value is -1.56. The van der Waals surface area contributed by atoms with Gasteiger partial charge in [-0.1, -0.05) is 6.92 Å². The van der Waals surface area contributed by atoms with Crippen LogP contribution in [-0.4, -0.2) is 35.3 Å². The van der Waals surface area contributed by atoms with Gasteiger partial charge in [0.25, 0.3) is 0 Å². The summed E-state index contributed by atoms with van der Waals surface area (Å²) in [7, 11) is 0. The van der Waals surface area contributed by atoms with Crippen molar-refractivity contribution < 1.29 is 14.3 Å². The van der Waals surface area contributed by atoms with E-state index < -0.39 is 5.97 Å². The van der Waals surface area contributed by atoms with Crippen molar-refractivity contribution in [1.29, 1.82) is 0 Å². The van der Waals surface area contributed by atoms with Gasteiger partial charge in [-0.25, -0.2) is 9.78 Å². The summed E-state index contributed by atoms with van der Waals surface area (Å²) in [5.74, 6) is 0.724. The first-order chi connectivity index (χ1) is 9.15. The van der Waals surface area contributed by atoms with Crippen LogP contribution in [0.15, 0.2) is 0 Å². The number of ether oxygens (including phenoxy) is 2. The topological polar surface area (TPSA) is 79.4 Å². The van der Waals surface area contributed by atoms with Crippen LogP contribution in [0.25, 0.3) is 0 Å². The van der Waals surface area contributed by atoms with Gasteiger partial charge in [-0.3, -0.25) is 0 Å². The van der Waals surface area contributed by atoms with E-state index in [0.29, 0.717) is 32.2 Å². The molecule has 0 amide bonds. The van der Waals surface area contributed by atoms with E-state index in [4.69, 9.17) is 15.2 Å². The maximum absolute atomic E-state index is 11.7. The zero-order valence-corrected chi connectivity index (χ0v) is 11.9. The first-order valence-corrected chi connectivity index (χ1v) is 6.75.